The fourth-order valence-corrected chi connectivity index (χ4v) is 6.47. The summed E-state index contributed by atoms with van der Waals surface area (Å²) in [7, 11) is 4.13. The van der Waals surface area contributed by atoms with Crippen LogP contribution < -0.4 is 21.3 Å². The van der Waals surface area contributed by atoms with E-state index in [9.17, 15) is 19.2 Å². The molecule has 4 N–H and O–H groups in total. The number of hydrogen-bond donors (Lipinski definition) is 4. The Morgan fingerprint density at radius 2 is 0.920 bits per heavy atom. The lowest BCUT2D eigenvalue weighted by atomic mass is 9.82. The Bertz CT molecular complexity index is 1520. The van der Waals surface area contributed by atoms with Crippen molar-refractivity contribution in [1.82, 2.24) is 20.4 Å². The molecule has 0 atom stereocenters. The molecule has 0 radical (unpaired) electrons. The van der Waals surface area contributed by atoms with Gasteiger partial charge in [0.05, 0.1) is 23.0 Å². The molecule has 0 aromatic heterocycles. The van der Waals surface area contributed by atoms with Crippen LogP contribution in [0.5, 0.6) is 0 Å². The molecule has 2 amide bonds. The van der Waals surface area contributed by atoms with Crippen LogP contribution in [0.1, 0.15) is 57.5 Å². The summed E-state index contributed by atoms with van der Waals surface area (Å²) in [6.45, 7) is 6.06. The van der Waals surface area contributed by atoms with E-state index in [2.05, 4.69) is 45.2 Å². The molecule has 264 valence electrons. The van der Waals surface area contributed by atoms with Crippen LogP contribution in [-0.4, -0.2) is 99.6 Å². The Morgan fingerprint density at radius 3 is 1.30 bits per heavy atom. The quantitative estimate of drug-likeness (QED) is 0.130. The second kappa shape index (κ2) is 18.3. The number of nitrogens with zero attached hydrogens (tertiary/aromatic N) is 2. The number of nitrogens with one attached hydrogen (secondary N) is 4. The van der Waals surface area contributed by atoms with Crippen molar-refractivity contribution >= 4 is 34.8 Å². The van der Waals surface area contributed by atoms with E-state index in [4.69, 9.17) is 0 Å². The summed E-state index contributed by atoms with van der Waals surface area (Å²) < 4.78 is 0. The van der Waals surface area contributed by atoms with Gasteiger partial charge in [-0.25, -0.2) is 0 Å². The molecule has 2 aromatic rings. The third-order valence-electron chi connectivity index (χ3n) is 9.27. The van der Waals surface area contributed by atoms with Crippen LogP contribution in [0.2, 0.25) is 0 Å². The lowest BCUT2D eigenvalue weighted by Crippen LogP contribution is -2.31. The third-order valence-corrected chi connectivity index (χ3v) is 9.27. The summed E-state index contributed by atoms with van der Waals surface area (Å²) in [5.41, 5.74) is 3.09. The molecule has 50 heavy (non-hydrogen) atoms. The number of hydrogen-bond acceptors (Lipinski definition) is 8. The van der Waals surface area contributed by atoms with E-state index in [0.29, 0.717) is 59.8 Å². The normalized spacial score (nSPS) is 14.9. The predicted octanol–water partition coefficient (Wildman–Crippen LogP) is 4.43. The highest BCUT2D eigenvalue weighted by atomic mass is 16.2. The van der Waals surface area contributed by atoms with Gasteiger partial charge in [0.25, 0.3) is 0 Å². The van der Waals surface area contributed by atoms with Crippen LogP contribution in [0.4, 0.5) is 11.4 Å². The van der Waals surface area contributed by atoms with Crippen molar-refractivity contribution in [3.05, 3.63) is 107 Å². The molecule has 0 unspecified atom stereocenters. The molecular formula is C40H50N6O4. The number of anilines is 2. The summed E-state index contributed by atoms with van der Waals surface area (Å²) in [5.74, 6) is -0.509. The van der Waals surface area contributed by atoms with E-state index < -0.39 is 0 Å². The zero-order chi connectivity index (χ0) is 35.3. The van der Waals surface area contributed by atoms with Gasteiger partial charge in [-0.05, 0) is 78.1 Å². The number of ketones is 2. The van der Waals surface area contributed by atoms with Gasteiger partial charge in [-0.2, -0.15) is 0 Å². The molecule has 0 aliphatic heterocycles. The highest BCUT2D eigenvalue weighted by molar-refractivity contribution is 6.31. The van der Waals surface area contributed by atoms with Crippen molar-refractivity contribution in [2.45, 2.75) is 25.7 Å². The summed E-state index contributed by atoms with van der Waals surface area (Å²) >= 11 is 0. The summed E-state index contributed by atoms with van der Waals surface area (Å²) in [5, 5.41) is 12.8. The van der Waals surface area contributed by atoms with E-state index in [1.807, 2.05) is 72.9 Å². The molecule has 0 saturated heterocycles. The number of amides is 2. The Balaban J connectivity index is 1.04. The van der Waals surface area contributed by atoms with Crippen LogP contribution >= 0.6 is 0 Å². The average molecular weight is 679 g/mol. The standard InChI is InChI=1S/C40H50N6O4/c1-45(27-11-23-43-39(49)29-13-3-4-14-29)25-9-21-41-33-19-7-17-31-35(33)37(47)32-18-8-20-34(36(32)38(31)48)42-22-10-26-46(2)28-12-24-44-40(50)30-15-5-6-16-30/h3-8,13-20,29-30,41-42H,9-12,21-28H2,1-2H3,(H,43,49)(H,44,50). The van der Waals surface area contributed by atoms with Crippen LogP contribution in [0, 0.1) is 11.8 Å². The van der Waals surface area contributed by atoms with Gasteiger partial charge in [0.2, 0.25) is 11.8 Å². The van der Waals surface area contributed by atoms with Crippen LogP contribution in [-0.2, 0) is 9.59 Å². The smallest absolute Gasteiger partial charge is 0.230 e. The molecule has 0 saturated carbocycles. The van der Waals surface area contributed by atoms with E-state index in [1.54, 1.807) is 12.1 Å². The minimum Gasteiger partial charge on any atom is -0.384 e. The summed E-state index contributed by atoms with van der Waals surface area (Å²) in [6, 6.07) is 10.9. The monoisotopic (exact) mass is 678 g/mol. The number of allylic oxidation sites excluding steroid dienone is 4. The van der Waals surface area contributed by atoms with Crippen molar-refractivity contribution in [2.75, 3.05) is 77.1 Å². The largest absolute Gasteiger partial charge is 0.384 e. The minimum absolute atomic E-state index is 0.0392. The molecular weight excluding hydrogens is 628 g/mol. The van der Waals surface area contributed by atoms with Crippen molar-refractivity contribution in [1.29, 1.82) is 0 Å². The van der Waals surface area contributed by atoms with Crippen molar-refractivity contribution in [3.8, 4) is 0 Å². The van der Waals surface area contributed by atoms with Gasteiger partial charge in [0.1, 0.15) is 0 Å². The Labute approximate surface area is 295 Å². The maximum atomic E-state index is 13.8. The number of carbonyl (C=O) groups excluding carboxylic acids is 4. The van der Waals surface area contributed by atoms with Crippen LogP contribution in [0.15, 0.2) is 85.0 Å². The van der Waals surface area contributed by atoms with Gasteiger partial charge in [0, 0.05) is 48.7 Å². The van der Waals surface area contributed by atoms with Crippen LogP contribution in [0.3, 0.4) is 0 Å². The number of rotatable bonds is 20. The van der Waals surface area contributed by atoms with Crippen molar-refractivity contribution in [3.63, 3.8) is 0 Å². The van der Waals surface area contributed by atoms with E-state index >= 15 is 0 Å². The van der Waals surface area contributed by atoms with Gasteiger partial charge in [-0.1, -0.05) is 72.9 Å². The van der Waals surface area contributed by atoms with Crippen LogP contribution in [0.25, 0.3) is 0 Å². The molecule has 10 heteroatoms. The second-order valence-electron chi connectivity index (χ2n) is 13.2. The molecule has 0 spiro atoms. The third kappa shape index (κ3) is 9.67. The average Bonchev–Trinajstić information content (AvgIpc) is 3.87. The van der Waals surface area contributed by atoms with Gasteiger partial charge in [-0.3, -0.25) is 19.2 Å². The molecule has 0 bridgehead atoms. The molecule has 10 nitrogen and oxygen atoms in total. The van der Waals surface area contributed by atoms with Gasteiger partial charge in [-0.15, -0.1) is 0 Å². The number of benzene rings is 2. The highest BCUT2D eigenvalue weighted by Gasteiger charge is 2.33. The molecule has 5 rings (SSSR count). The summed E-state index contributed by atoms with van der Waals surface area (Å²) in [4.78, 5) is 56.3. The molecule has 3 aliphatic carbocycles. The minimum atomic E-state index is -0.151. The van der Waals surface area contributed by atoms with Crippen molar-refractivity contribution in [2.24, 2.45) is 11.8 Å². The zero-order valence-corrected chi connectivity index (χ0v) is 29.3. The van der Waals surface area contributed by atoms with Crippen molar-refractivity contribution < 1.29 is 19.2 Å². The SMILES string of the molecule is CN(CCCNC(=O)C1C=CC=C1)CCCNc1cccc2c1C(=O)c1cccc(NCCCN(C)CCCNC(=O)C3C=CC=C3)c1C2=O. The number of fused-ring (bicyclic) bond motifs is 2. The van der Waals surface area contributed by atoms with E-state index in [1.165, 1.54) is 0 Å². The fraction of sp³-hybridized carbons (Fsp3) is 0.400. The first kappa shape index (κ1) is 36.5. The first-order valence-corrected chi connectivity index (χ1v) is 17.8. The lowest BCUT2D eigenvalue weighted by Gasteiger charge is -2.24. The maximum absolute atomic E-state index is 13.8. The van der Waals surface area contributed by atoms with Gasteiger partial charge < -0.3 is 31.1 Å². The number of carbonyl (C=O) groups is 4. The predicted molar refractivity (Wildman–Crippen MR) is 200 cm³/mol. The fourth-order valence-electron chi connectivity index (χ4n) is 6.47. The zero-order valence-electron chi connectivity index (χ0n) is 29.3. The molecule has 2 aromatic carbocycles. The lowest BCUT2D eigenvalue weighted by molar-refractivity contribution is -0.123. The summed E-state index contributed by atoms with van der Waals surface area (Å²) in [6.07, 6.45) is 18.6. The van der Waals surface area contributed by atoms with E-state index in [0.717, 1.165) is 51.9 Å². The first-order chi connectivity index (χ1) is 24.3. The van der Waals surface area contributed by atoms with Gasteiger partial charge >= 0.3 is 0 Å². The second-order valence-corrected chi connectivity index (χ2v) is 13.2. The highest BCUT2D eigenvalue weighted by Crippen LogP contribution is 2.35. The van der Waals surface area contributed by atoms with E-state index in [-0.39, 0.29) is 35.2 Å². The topological polar surface area (TPSA) is 123 Å². The Hall–Kier alpha value is -4.80. The molecule has 0 fully saturated rings. The first-order valence-electron chi connectivity index (χ1n) is 17.8. The Kier molecular flexibility index (Phi) is 13.3. The molecule has 0 heterocycles. The molecule has 3 aliphatic rings. The maximum Gasteiger partial charge on any atom is 0.230 e. The van der Waals surface area contributed by atoms with Gasteiger partial charge in [0.15, 0.2) is 11.6 Å². The Morgan fingerprint density at radius 1 is 0.560 bits per heavy atom.